The summed E-state index contributed by atoms with van der Waals surface area (Å²) in [5, 5.41) is 3.46. The molecular formula is C13H28N2S. The molecule has 1 rings (SSSR count). The molecule has 0 spiro atoms. The van der Waals surface area contributed by atoms with Crippen molar-refractivity contribution >= 4 is 11.8 Å². The third-order valence-corrected chi connectivity index (χ3v) is 4.61. The minimum Gasteiger partial charge on any atom is -0.317 e. The van der Waals surface area contributed by atoms with Gasteiger partial charge in [0.15, 0.2) is 0 Å². The van der Waals surface area contributed by atoms with Gasteiger partial charge in [0.05, 0.1) is 0 Å². The van der Waals surface area contributed by atoms with Gasteiger partial charge in [0, 0.05) is 18.3 Å². The second-order valence-corrected chi connectivity index (χ2v) is 6.40. The number of hydrogen-bond donors (Lipinski definition) is 1. The van der Waals surface area contributed by atoms with Gasteiger partial charge in [-0.15, -0.1) is 0 Å². The second-order valence-electron chi connectivity index (χ2n) is 5.49. The van der Waals surface area contributed by atoms with Crippen molar-refractivity contribution in [2.45, 2.75) is 39.2 Å². The van der Waals surface area contributed by atoms with Crippen LogP contribution in [0.25, 0.3) is 0 Å². The predicted octanol–water partition coefficient (Wildman–Crippen LogP) is 2.45. The molecule has 1 heterocycles. The third-order valence-electron chi connectivity index (χ3n) is 3.90. The van der Waals surface area contributed by atoms with E-state index in [1.54, 1.807) is 0 Å². The van der Waals surface area contributed by atoms with Crippen molar-refractivity contribution in [1.82, 2.24) is 10.2 Å². The molecular weight excluding hydrogens is 216 g/mol. The Hall–Kier alpha value is 0.270. The molecule has 0 saturated carbocycles. The lowest BCUT2D eigenvalue weighted by molar-refractivity contribution is 0.122. The van der Waals surface area contributed by atoms with Crippen LogP contribution in [0.3, 0.4) is 0 Å². The van der Waals surface area contributed by atoms with Crippen molar-refractivity contribution in [3.63, 3.8) is 0 Å². The van der Waals surface area contributed by atoms with Crippen molar-refractivity contribution in [3.05, 3.63) is 0 Å². The van der Waals surface area contributed by atoms with Gasteiger partial charge < -0.3 is 10.2 Å². The van der Waals surface area contributed by atoms with Crippen molar-refractivity contribution in [2.24, 2.45) is 5.41 Å². The third kappa shape index (κ3) is 4.27. The van der Waals surface area contributed by atoms with E-state index in [0.29, 0.717) is 5.41 Å². The quantitative estimate of drug-likeness (QED) is 0.772. The molecule has 0 radical (unpaired) electrons. The van der Waals surface area contributed by atoms with E-state index in [4.69, 9.17) is 0 Å². The van der Waals surface area contributed by atoms with E-state index >= 15 is 0 Å². The zero-order valence-electron chi connectivity index (χ0n) is 11.4. The molecule has 0 aliphatic carbocycles. The van der Waals surface area contributed by atoms with E-state index in [0.717, 1.165) is 6.04 Å². The van der Waals surface area contributed by atoms with Gasteiger partial charge in [-0.2, -0.15) is 11.8 Å². The summed E-state index contributed by atoms with van der Waals surface area (Å²) >= 11 is 1.97. The largest absolute Gasteiger partial charge is 0.317 e. The first-order chi connectivity index (χ1) is 7.61. The summed E-state index contributed by atoms with van der Waals surface area (Å²) in [4.78, 5) is 2.59. The Morgan fingerprint density at radius 3 is 2.50 bits per heavy atom. The fourth-order valence-electron chi connectivity index (χ4n) is 2.67. The van der Waals surface area contributed by atoms with E-state index < -0.39 is 0 Å². The first-order valence-electron chi connectivity index (χ1n) is 6.51. The van der Waals surface area contributed by atoms with E-state index in [9.17, 15) is 0 Å². The Labute approximate surface area is 106 Å². The lowest BCUT2D eigenvalue weighted by atomic mass is 9.80. The zero-order valence-corrected chi connectivity index (χ0v) is 12.2. The minimum atomic E-state index is 0.534. The summed E-state index contributed by atoms with van der Waals surface area (Å²) in [5.41, 5.74) is 0.534. The first-order valence-corrected chi connectivity index (χ1v) is 7.90. The van der Waals surface area contributed by atoms with Crippen molar-refractivity contribution in [2.75, 3.05) is 38.7 Å². The molecule has 0 aromatic carbocycles. The van der Waals surface area contributed by atoms with E-state index in [1.165, 1.54) is 44.6 Å². The van der Waals surface area contributed by atoms with Crippen molar-refractivity contribution in [3.8, 4) is 0 Å². The van der Waals surface area contributed by atoms with Crippen molar-refractivity contribution < 1.29 is 0 Å². The fourth-order valence-corrected chi connectivity index (χ4v) is 3.54. The number of nitrogens with zero attached hydrogens (tertiary/aromatic N) is 1. The van der Waals surface area contributed by atoms with E-state index in [2.05, 4.69) is 37.4 Å². The van der Waals surface area contributed by atoms with Gasteiger partial charge in [0.25, 0.3) is 0 Å². The molecule has 0 amide bonds. The molecule has 0 aromatic heterocycles. The second kappa shape index (κ2) is 6.87. The van der Waals surface area contributed by atoms with Crippen LogP contribution in [-0.2, 0) is 0 Å². The lowest BCUT2D eigenvalue weighted by Crippen LogP contribution is -2.45. The average molecular weight is 244 g/mol. The number of nitrogens with one attached hydrogen (secondary N) is 1. The fraction of sp³-hybridized carbons (Fsp3) is 1.00. The van der Waals surface area contributed by atoms with Crippen LogP contribution in [0, 0.1) is 5.41 Å². The molecule has 0 aromatic rings. The highest BCUT2D eigenvalue weighted by Gasteiger charge is 2.29. The lowest BCUT2D eigenvalue weighted by Gasteiger charge is -2.40. The smallest absolute Gasteiger partial charge is 0.0180 e. The van der Waals surface area contributed by atoms with Crippen LogP contribution in [0.5, 0.6) is 0 Å². The maximum absolute atomic E-state index is 3.46. The molecule has 1 aliphatic heterocycles. The number of hydrogen-bond acceptors (Lipinski definition) is 3. The van der Waals surface area contributed by atoms with Gasteiger partial charge in [-0.25, -0.2) is 0 Å². The van der Waals surface area contributed by atoms with Gasteiger partial charge in [-0.05, 0) is 51.1 Å². The summed E-state index contributed by atoms with van der Waals surface area (Å²) < 4.78 is 0. The molecule has 1 unspecified atom stereocenters. The van der Waals surface area contributed by atoms with Gasteiger partial charge >= 0.3 is 0 Å². The van der Waals surface area contributed by atoms with Gasteiger partial charge in [-0.1, -0.05) is 13.8 Å². The van der Waals surface area contributed by atoms with Crippen molar-refractivity contribution in [1.29, 1.82) is 0 Å². The molecule has 1 aliphatic rings. The Morgan fingerprint density at radius 2 is 2.00 bits per heavy atom. The Kier molecular flexibility index (Phi) is 6.16. The molecule has 1 atom stereocenters. The molecule has 16 heavy (non-hydrogen) atoms. The summed E-state index contributed by atoms with van der Waals surface area (Å²) in [5.74, 6) is 1.27. The highest BCUT2D eigenvalue weighted by atomic mass is 32.2. The minimum absolute atomic E-state index is 0.534. The van der Waals surface area contributed by atoms with Crippen LogP contribution in [0.15, 0.2) is 0 Å². The molecule has 96 valence electrons. The topological polar surface area (TPSA) is 15.3 Å². The van der Waals surface area contributed by atoms with Gasteiger partial charge in [0.1, 0.15) is 0 Å². The molecule has 1 N–H and O–H groups in total. The highest BCUT2D eigenvalue weighted by molar-refractivity contribution is 7.98. The number of thioether (sulfide) groups is 1. The van der Waals surface area contributed by atoms with Crippen LogP contribution in [0.4, 0.5) is 0 Å². The maximum atomic E-state index is 3.46. The van der Waals surface area contributed by atoms with Gasteiger partial charge in [0.2, 0.25) is 0 Å². The number of piperidine rings is 1. The molecule has 1 saturated heterocycles. The first kappa shape index (κ1) is 14.3. The van der Waals surface area contributed by atoms with Crippen LogP contribution in [0.1, 0.15) is 33.1 Å². The Bertz CT molecular complexity index is 190. The van der Waals surface area contributed by atoms with E-state index in [1.807, 2.05) is 11.8 Å². The SMILES string of the molecule is CCC(CSC)N(C)CC1(C)CCNCC1. The van der Waals surface area contributed by atoms with Crippen LogP contribution in [-0.4, -0.2) is 49.6 Å². The monoisotopic (exact) mass is 244 g/mol. The molecule has 0 bridgehead atoms. The highest BCUT2D eigenvalue weighted by Crippen LogP contribution is 2.29. The Morgan fingerprint density at radius 1 is 1.38 bits per heavy atom. The summed E-state index contributed by atoms with van der Waals surface area (Å²) in [6.07, 6.45) is 6.13. The summed E-state index contributed by atoms with van der Waals surface area (Å²) in [6, 6.07) is 0.752. The normalized spacial score (nSPS) is 22.3. The summed E-state index contributed by atoms with van der Waals surface area (Å²) in [7, 11) is 2.30. The molecule has 3 heteroatoms. The van der Waals surface area contributed by atoms with Crippen LogP contribution in [0.2, 0.25) is 0 Å². The molecule has 1 fully saturated rings. The zero-order chi connectivity index (χ0) is 12.0. The number of rotatable bonds is 6. The average Bonchev–Trinajstić information content (AvgIpc) is 2.26. The van der Waals surface area contributed by atoms with Crippen LogP contribution < -0.4 is 5.32 Å². The Balaban J connectivity index is 2.43. The predicted molar refractivity (Wildman–Crippen MR) is 75.3 cm³/mol. The maximum Gasteiger partial charge on any atom is 0.0180 e. The van der Waals surface area contributed by atoms with E-state index in [-0.39, 0.29) is 0 Å². The summed E-state index contributed by atoms with van der Waals surface area (Å²) in [6.45, 7) is 8.42. The standard InChI is InChI=1S/C13H28N2S/c1-5-12(10-16-4)15(3)11-13(2)6-8-14-9-7-13/h12,14H,5-11H2,1-4H3. The van der Waals surface area contributed by atoms with Crippen LogP contribution >= 0.6 is 11.8 Å². The molecule has 2 nitrogen and oxygen atoms in total. The van der Waals surface area contributed by atoms with Gasteiger partial charge in [-0.3, -0.25) is 0 Å².